The van der Waals surface area contributed by atoms with Crippen molar-refractivity contribution in [2.45, 2.75) is 19.8 Å². The molecule has 0 aliphatic heterocycles. The van der Waals surface area contributed by atoms with Gasteiger partial charge in [0.1, 0.15) is 6.33 Å². The van der Waals surface area contributed by atoms with E-state index in [1.165, 1.54) is 29.7 Å². The molecule has 0 aliphatic rings. The highest BCUT2D eigenvalue weighted by Gasteiger charge is 2.13. The van der Waals surface area contributed by atoms with Gasteiger partial charge < -0.3 is 10.6 Å². The summed E-state index contributed by atoms with van der Waals surface area (Å²) in [4.78, 5) is 25.8. The van der Waals surface area contributed by atoms with E-state index in [0.29, 0.717) is 22.2 Å². The molecule has 0 aromatic carbocycles. The van der Waals surface area contributed by atoms with E-state index in [2.05, 4.69) is 35.8 Å². The summed E-state index contributed by atoms with van der Waals surface area (Å²) in [7, 11) is 0. The maximum atomic E-state index is 12.2. The Morgan fingerprint density at radius 2 is 1.92 bits per heavy atom. The van der Waals surface area contributed by atoms with Crippen molar-refractivity contribution >= 4 is 29.0 Å². The van der Waals surface area contributed by atoms with Crippen LogP contribution >= 0.6 is 11.6 Å². The molecule has 25 heavy (non-hydrogen) atoms. The number of amides is 2. The summed E-state index contributed by atoms with van der Waals surface area (Å²) in [5.41, 5.74) is 1.73. The van der Waals surface area contributed by atoms with Gasteiger partial charge in [-0.25, -0.2) is 19.7 Å². The smallest absolute Gasteiger partial charge is 0.306 e. The Morgan fingerprint density at radius 1 is 1.16 bits per heavy atom. The number of urea groups is 1. The Balaban J connectivity index is 1.73. The number of aromatic nitrogens is 6. The molecule has 3 aromatic heterocycles. The van der Waals surface area contributed by atoms with Gasteiger partial charge in [0, 0.05) is 0 Å². The number of pyridine rings is 1. The zero-order valence-corrected chi connectivity index (χ0v) is 14.3. The molecule has 0 unspecified atom stereocenters. The largest absolute Gasteiger partial charge is 0.323 e. The fourth-order valence-corrected chi connectivity index (χ4v) is 2.39. The molecule has 2 N–H and O–H groups in total. The third-order valence-electron chi connectivity index (χ3n) is 3.23. The molecule has 3 rings (SSSR count). The number of anilines is 2. The first-order valence-corrected chi connectivity index (χ1v) is 7.82. The van der Waals surface area contributed by atoms with Gasteiger partial charge in [-0.2, -0.15) is 10.2 Å². The Morgan fingerprint density at radius 3 is 2.60 bits per heavy atom. The zero-order chi connectivity index (χ0) is 17.8. The van der Waals surface area contributed by atoms with Gasteiger partial charge in [-0.1, -0.05) is 25.4 Å². The molecule has 0 aliphatic carbocycles. The Labute approximate surface area is 148 Å². The summed E-state index contributed by atoms with van der Waals surface area (Å²) in [5.74, 6) is 0.520. The number of nitrogens with zero attached hydrogens (tertiary/aromatic N) is 6. The van der Waals surface area contributed by atoms with Crippen LogP contribution in [0.1, 0.15) is 25.5 Å². The van der Waals surface area contributed by atoms with Crippen LogP contribution in [-0.4, -0.2) is 36.0 Å². The molecule has 0 radical (unpaired) electrons. The van der Waals surface area contributed by atoms with E-state index in [1.807, 2.05) is 13.8 Å². The second-order valence-corrected chi connectivity index (χ2v) is 5.81. The average molecular weight is 359 g/mol. The van der Waals surface area contributed by atoms with E-state index < -0.39 is 6.03 Å². The minimum Gasteiger partial charge on any atom is -0.306 e. The molecule has 3 aromatic rings. The van der Waals surface area contributed by atoms with Crippen LogP contribution in [0.4, 0.5) is 16.2 Å². The van der Waals surface area contributed by atoms with Crippen molar-refractivity contribution in [1.82, 2.24) is 29.9 Å². The molecule has 9 nitrogen and oxygen atoms in total. The first-order chi connectivity index (χ1) is 12.0. The number of halogens is 1. The zero-order valence-electron chi connectivity index (χ0n) is 13.5. The van der Waals surface area contributed by atoms with Crippen molar-refractivity contribution < 1.29 is 4.79 Å². The van der Waals surface area contributed by atoms with E-state index in [9.17, 15) is 4.79 Å². The number of rotatable bonds is 4. The van der Waals surface area contributed by atoms with Crippen molar-refractivity contribution in [2.75, 3.05) is 10.6 Å². The lowest BCUT2D eigenvalue weighted by atomic mass is 10.1. The van der Waals surface area contributed by atoms with Gasteiger partial charge in [0.05, 0.1) is 46.9 Å². The normalized spacial score (nSPS) is 10.7. The van der Waals surface area contributed by atoms with Gasteiger partial charge in [-0.05, 0) is 12.0 Å². The highest BCUT2D eigenvalue weighted by molar-refractivity contribution is 6.32. The van der Waals surface area contributed by atoms with Crippen molar-refractivity contribution in [3.63, 3.8) is 0 Å². The second kappa shape index (κ2) is 7.22. The molecule has 0 bridgehead atoms. The van der Waals surface area contributed by atoms with Crippen LogP contribution in [0.2, 0.25) is 5.02 Å². The van der Waals surface area contributed by atoms with Crippen LogP contribution < -0.4 is 10.6 Å². The highest BCUT2D eigenvalue weighted by Crippen LogP contribution is 2.22. The summed E-state index contributed by atoms with van der Waals surface area (Å²) in [6.45, 7) is 3.97. The van der Waals surface area contributed by atoms with Gasteiger partial charge in [0.25, 0.3) is 0 Å². The maximum Gasteiger partial charge on any atom is 0.323 e. The van der Waals surface area contributed by atoms with Crippen LogP contribution in [0.15, 0.2) is 37.2 Å². The predicted octanol–water partition coefficient (Wildman–Crippen LogP) is 2.87. The van der Waals surface area contributed by atoms with Gasteiger partial charge >= 0.3 is 6.03 Å². The van der Waals surface area contributed by atoms with Crippen LogP contribution in [0.3, 0.4) is 0 Å². The second-order valence-electron chi connectivity index (χ2n) is 5.40. The van der Waals surface area contributed by atoms with E-state index >= 15 is 0 Å². The van der Waals surface area contributed by atoms with Crippen LogP contribution in [0.5, 0.6) is 0 Å². The van der Waals surface area contributed by atoms with Crippen LogP contribution in [-0.2, 0) is 0 Å². The fourth-order valence-electron chi connectivity index (χ4n) is 2.15. The Kier molecular flexibility index (Phi) is 4.85. The highest BCUT2D eigenvalue weighted by atomic mass is 35.5. The van der Waals surface area contributed by atoms with E-state index in [4.69, 9.17) is 11.6 Å². The SMILES string of the molecule is CC(C)c1ncncc1NC(=O)Nc1cnc(-n2nccn2)c(Cl)c1. The third-order valence-corrected chi connectivity index (χ3v) is 3.50. The molecule has 0 atom stereocenters. The van der Waals surface area contributed by atoms with Crippen molar-refractivity contribution in [1.29, 1.82) is 0 Å². The molecule has 0 fully saturated rings. The average Bonchev–Trinajstić information content (AvgIpc) is 3.09. The lowest BCUT2D eigenvalue weighted by Crippen LogP contribution is -2.21. The number of nitrogens with one attached hydrogen (secondary N) is 2. The van der Waals surface area contributed by atoms with Crippen LogP contribution in [0.25, 0.3) is 5.82 Å². The van der Waals surface area contributed by atoms with Gasteiger partial charge in [0.2, 0.25) is 0 Å². The van der Waals surface area contributed by atoms with Crippen molar-refractivity contribution in [2.24, 2.45) is 0 Å². The molecule has 0 saturated carbocycles. The van der Waals surface area contributed by atoms with Crippen molar-refractivity contribution in [3.8, 4) is 5.82 Å². The number of carbonyl (C=O) groups is 1. The molecule has 128 valence electrons. The Bertz CT molecular complexity index is 881. The topological polar surface area (TPSA) is 111 Å². The van der Waals surface area contributed by atoms with E-state index in [0.717, 1.165) is 5.69 Å². The number of carbonyl (C=O) groups excluding carboxylic acids is 1. The molecular formula is C15H15ClN8O. The van der Waals surface area contributed by atoms with E-state index in [-0.39, 0.29) is 5.92 Å². The first-order valence-electron chi connectivity index (χ1n) is 7.44. The molecular weight excluding hydrogens is 344 g/mol. The first kappa shape index (κ1) is 16.8. The fraction of sp³-hybridized carbons (Fsp3) is 0.200. The van der Waals surface area contributed by atoms with Gasteiger partial charge in [-0.15, -0.1) is 4.80 Å². The van der Waals surface area contributed by atoms with E-state index in [1.54, 1.807) is 12.3 Å². The summed E-state index contributed by atoms with van der Waals surface area (Å²) >= 11 is 6.18. The molecule has 0 spiro atoms. The third kappa shape index (κ3) is 3.89. The van der Waals surface area contributed by atoms with Gasteiger partial charge in [-0.3, -0.25) is 0 Å². The summed E-state index contributed by atoms with van der Waals surface area (Å²) in [6, 6.07) is 1.12. The molecule has 2 amide bonds. The van der Waals surface area contributed by atoms with Gasteiger partial charge in [0.15, 0.2) is 5.82 Å². The predicted molar refractivity (Wildman–Crippen MR) is 92.9 cm³/mol. The Hall–Kier alpha value is -3.07. The lowest BCUT2D eigenvalue weighted by molar-refractivity contribution is 0.262. The maximum absolute atomic E-state index is 12.2. The monoisotopic (exact) mass is 358 g/mol. The summed E-state index contributed by atoms with van der Waals surface area (Å²) in [6.07, 6.45) is 7.51. The minimum absolute atomic E-state index is 0.148. The standard InChI is InChI=1S/C15H15ClN8O/c1-9(2)13-12(7-17-8-19-13)23-15(25)22-10-5-11(16)14(18-6-10)24-20-3-4-21-24/h3-9H,1-2H3,(H2,22,23,25). The quantitative estimate of drug-likeness (QED) is 0.741. The van der Waals surface area contributed by atoms with Crippen LogP contribution in [0, 0.1) is 0 Å². The number of hydrogen-bond acceptors (Lipinski definition) is 6. The summed E-state index contributed by atoms with van der Waals surface area (Å²) in [5, 5.41) is 13.6. The molecule has 3 heterocycles. The molecule has 10 heteroatoms. The minimum atomic E-state index is -0.445. The lowest BCUT2D eigenvalue weighted by Gasteiger charge is -2.12. The molecule has 0 saturated heterocycles. The number of hydrogen-bond donors (Lipinski definition) is 2. The summed E-state index contributed by atoms with van der Waals surface area (Å²) < 4.78 is 0. The van der Waals surface area contributed by atoms with Crippen molar-refractivity contribution in [3.05, 3.63) is 47.9 Å².